The molecule has 2 amide bonds. The van der Waals surface area contributed by atoms with E-state index in [0.717, 1.165) is 12.0 Å². The van der Waals surface area contributed by atoms with Crippen LogP contribution in [0.25, 0.3) is 0 Å². The Morgan fingerprint density at radius 2 is 1.81 bits per heavy atom. The second-order valence-corrected chi connectivity index (χ2v) is 6.20. The largest absolute Gasteiger partial charge is 0.467 e. The van der Waals surface area contributed by atoms with E-state index in [0.29, 0.717) is 12.3 Å². The number of rotatable bonds is 10. The molecular weight excluding hydrogens is 351 g/mol. The first-order valence-corrected chi connectivity index (χ1v) is 8.84. The summed E-state index contributed by atoms with van der Waals surface area (Å²) in [6.07, 6.45) is 2.28. The maximum absolute atomic E-state index is 13.2. The van der Waals surface area contributed by atoms with Crippen LogP contribution in [0.3, 0.4) is 0 Å². The number of halogens is 1. The van der Waals surface area contributed by atoms with Gasteiger partial charge in [-0.3, -0.25) is 9.59 Å². The molecular formula is C20H25FN2O4. The second kappa shape index (κ2) is 10.5. The van der Waals surface area contributed by atoms with Crippen LogP contribution >= 0.6 is 0 Å². The van der Waals surface area contributed by atoms with Crippen molar-refractivity contribution in [1.29, 1.82) is 0 Å². The van der Waals surface area contributed by atoms with Crippen molar-refractivity contribution in [1.82, 2.24) is 9.80 Å². The highest BCUT2D eigenvalue weighted by atomic mass is 19.1. The molecule has 0 fully saturated rings. The Bertz CT molecular complexity index is 716. The van der Waals surface area contributed by atoms with Gasteiger partial charge in [0.05, 0.1) is 19.4 Å². The molecule has 146 valence electrons. The number of ether oxygens (including phenoxy) is 1. The van der Waals surface area contributed by atoms with Gasteiger partial charge >= 0.3 is 0 Å². The van der Waals surface area contributed by atoms with E-state index in [9.17, 15) is 14.0 Å². The summed E-state index contributed by atoms with van der Waals surface area (Å²) in [7, 11) is 1.45. The zero-order valence-corrected chi connectivity index (χ0v) is 15.7. The molecule has 0 aliphatic rings. The average Bonchev–Trinajstić information content (AvgIpc) is 3.16. The summed E-state index contributed by atoms with van der Waals surface area (Å²) >= 11 is 0. The van der Waals surface area contributed by atoms with Gasteiger partial charge in [-0.25, -0.2) is 4.39 Å². The maximum Gasteiger partial charge on any atom is 0.249 e. The van der Waals surface area contributed by atoms with Crippen LogP contribution in [0.1, 0.15) is 24.7 Å². The molecule has 0 bridgehead atoms. The van der Waals surface area contributed by atoms with Gasteiger partial charge in [-0.15, -0.1) is 0 Å². The molecule has 7 heteroatoms. The lowest BCUT2D eigenvalue weighted by Crippen LogP contribution is -2.43. The molecule has 27 heavy (non-hydrogen) atoms. The van der Waals surface area contributed by atoms with Crippen LogP contribution in [0.5, 0.6) is 0 Å². The van der Waals surface area contributed by atoms with E-state index in [2.05, 4.69) is 0 Å². The van der Waals surface area contributed by atoms with Crippen molar-refractivity contribution in [3.05, 3.63) is 59.8 Å². The summed E-state index contributed by atoms with van der Waals surface area (Å²) in [4.78, 5) is 28.2. The number of furan rings is 1. The lowest BCUT2D eigenvalue weighted by Gasteiger charge is -2.27. The number of carbonyl (C=O) groups is 2. The van der Waals surface area contributed by atoms with Crippen molar-refractivity contribution < 1.29 is 23.1 Å². The molecule has 1 aromatic carbocycles. The van der Waals surface area contributed by atoms with Crippen molar-refractivity contribution in [3.63, 3.8) is 0 Å². The number of amides is 2. The zero-order chi connectivity index (χ0) is 19.6. The van der Waals surface area contributed by atoms with E-state index in [4.69, 9.17) is 9.15 Å². The van der Waals surface area contributed by atoms with Crippen LogP contribution in [0.15, 0.2) is 47.1 Å². The maximum atomic E-state index is 13.2. The highest BCUT2D eigenvalue weighted by molar-refractivity contribution is 5.85. The summed E-state index contributed by atoms with van der Waals surface area (Å²) in [5.74, 6) is -0.140. The Kier molecular flexibility index (Phi) is 8.00. The topological polar surface area (TPSA) is 63.0 Å². The van der Waals surface area contributed by atoms with E-state index in [1.807, 2.05) is 6.92 Å². The van der Waals surface area contributed by atoms with Gasteiger partial charge in [0.2, 0.25) is 11.8 Å². The molecule has 1 aromatic heterocycles. The van der Waals surface area contributed by atoms with Crippen molar-refractivity contribution in [2.75, 3.05) is 26.8 Å². The van der Waals surface area contributed by atoms with Gasteiger partial charge in [-0.05, 0) is 36.2 Å². The summed E-state index contributed by atoms with van der Waals surface area (Å²) < 4.78 is 23.4. The van der Waals surface area contributed by atoms with Gasteiger partial charge in [0.1, 0.15) is 18.2 Å². The number of benzene rings is 1. The van der Waals surface area contributed by atoms with E-state index in [-0.39, 0.29) is 43.9 Å². The van der Waals surface area contributed by atoms with Crippen molar-refractivity contribution >= 4 is 11.8 Å². The van der Waals surface area contributed by atoms with Gasteiger partial charge in [-0.2, -0.15) is 0 Å². The van der Waals surface area contributed by atoms with Crippen molar-refractivity contribution in [2.24, 2.45) is 0 Å². The number of hydrogen-bond acceptors (Lipinski definition) is 4. The van der Waals surface area contributed by atoms with Crippen LogP contribution in [0.2, 0.25) is 0 Å². The fraction of sp³-hybridized carbons (Fsp3) is 0.400. The van der Waals surface area contributed by atoms with Gasteiger partial charge in [0.15, 0.2) is 0 Å². The lowest BCUT2D eigenvalue weighted by molar-refractivity contribution is -0.143. The number of methoxy groups -OCH3 is 1. The van der Waals surface area contributed by atoms with E-state index in [1.54, 1.807) is 35.4 Å². The molecule has 1 heterocycles. The van der Waals surface area contributed by atoms with Gasteiger partial charge in [0, 0.05) is 20.2 Å². The van der Waals surface area contributed by atoms with E-state index < -0.39 is 0 Å². The molecule has 0 spiro atoms. The standard InChI is InChI=1S/C20H25FN2O4/c1-3-10-22(20(25)15-26-2)14-19(24)23(13-18-5-4-11-27-18)12-16-6-8-17(21)9-7-16/h4-9,11H,3,10,12-15H2,1-2H3. The highest BCUT2D eigenvalue weighted by Crippen LogP contribution is 2.12. The molecule has 0 saturated heterocycles. The van der Waals surface area contributed by atoms with Gasteiger partial charge in [-0.1, -0.05) is 19.1 Å². The van der Waals surface area contributed by atoms with Gasteiger partial charge < -0.3 is 19.0 Å². The summed E-state index contributed by atoms with van der Waals surface area (Å²) in [6.45, 7) is 2.86. The second-order valence-electron chi connectivity index (χ2n) is 6.20. The Balaban J connectivity index is 2.13. The third-order valence-electron chi connectivity index (χ3n) is 4.01. The Morgan fingerprint density at radius 1 is 1.07 bits per heavy atom. The molecule has 2 aromatic rings. The molecule has 0 unspecified atom stereocenters. The smallest absolute Gasteiger partial charge is 0.249 e. The summed E-state index contributed by atoms with van der Waals surface area (Å²) in [5.41, 5.74) is 0.793. The number of carbonyl (C=O) groups excluding carboxylic acids is 2. The molecule has 0 N–H and O–H groups in total. The van der Waals surface area contributed by atoms with Crippen LogP contribution in [-0.4, -0.2) is 48.4 Å². The fourth-order valence-electron chi connectivity index (χ4n) is 2.67. The Morgan fingerprint density at radius 3 is 2.41 bits per heavy atom. The Labute approximate surface area is 158 Å². The monoisotopic (exact) mass is 376 g/mol. The van der Waals surface area contributed by atoms with Gasteiger partial charge in [0.25, 0.3) is 0 Å². The molecule has 0 atom stereocenters. The molecule has 0 aliphatic heterocycles. The zero-order valence-electron chi connectivity index (χ0n) is 15.7. The molecule has 0 aliphatic carbocycles. The first-order valence-electron chi connectivity index (χ1n) is 8.84. The number of hydrogen-bond donors (Lipinski definition) is 0. The van der Waals surface area contributed by atoms with Crippen LogP contribution in [0, 0.1) is 5.82 Å². The normalized spacial score (nSPS) is 10.6. The quantitative estimate of drug-likeness (QED) is 0.640. The predicted octanol–water partition coefficient (Wildman–Crippen LogP) is 2.83. The van der Waals surface area contributed by atoms with Crippen LogP contribution < -0.4 is 0 Å². The first-order chi connectivity index (χ1) is 13.0. The Hall–Kier alpha value is -2.67. The van der Waals surface area contributed by atoms with Crippen molar-refractivity contribution in [3.8, 4) is 0 Å². The average molecular weight is 376 g/mol. The SMILES string of the molecule is CCCN(CC(=O)N(Cc1ccc(F)cc1)Cc1ccco1)C(=O)COC. The minimum atomic E-state index is -0.332. The molecule has 2 rings (SSSR count). The van der Waals surface area contributed by atoms with E-state index >= 15 is 0 Å². The summed E-state index contributed by atoms with van der Waals surface area (Å²) in [5, 5.41) is 0. The fourth-order valence-corrected chi connectivity index (χ4v) is 2.67. The third-order valence-corrected chi connectivity index (χ3v) is 4.01. The molecule has 0 saturated carbocycles. The van der Waals surface area contributed by atoms with Crippen molar-refractivity contribution in [2.45, 2.75) is 26.4 Å². The minimum absolute atomic E-state index is 0.0437. The highest BCUT2D eigenvalue weighted by Gasteiger charge is 2.22. The molecule has 0 radical (unpaired) electrons. The third kappa shape index (κ3) is 6.53. The molecule has 6 nitrogen and oxygen atoms in total. The number of nitrogens with zero attached hydrogens (tertiary/aromatic N) is 2. The van der Waals surface area contributed by atoms with Crippen LogP contribution in [0.4, 0.5) is 4.39 Å². The van der Waals surface area contributed by atoms with E-state index in [1.165, 1.54) is 24.1 Å². The minimum Gasteiger partial charge on any atom is -0.467 e. The lowest BCUT2D eigenvalue weighted by atomic mass is 10.2. The summed E-state index contributed by atoms with van der Waals surface area (Å²) in [6, 6.07) is 9.52. The first kappa shape index (κ1) is 20.6. The van der Waals surface area contributed by atoms with Crippen LogP contribution in [-0.2, 0) is 27.4 Å². The predicted molar refractivity (Wildman–Crippen MR) is 98.1 cm³/mol.